The number of carbonyl (C=O) groups excluding carboxylic acids is 2. The zero-order valence-corrected chi connectivity index (χ0v) is 12.4. The molecule has 7 heteroatoms. The molecule has 0 aromatic heterocycles. The highest BCUT2D eigenvalue weighted by Crippen LogP contribution is 2.37. The minimum Gasteiger partial charge on any atom is -0.369 e. The summed E-state index contributed by atoms with van der Waals surface area (Å²) in [6, 6.07) is 0. The second kappa shape index (κ2) is 7.24. The van der Waals surface area contributed by atoms with Crippen molar-refractivity contribution in [3.05, 3.63) is 0 Å². The number of halogens is 1. The van der Waals surface area contributed by atoms with Crippen LogP contribution in [0.25, 0.3) is 0 Å². The standard InChI is InChI=1S/C13H23N3O3.ClH/c14-7-9-3-4-10(19-9)11(17)16-8-13(12(15)18)5-1-2-6-13;/h9-10H,1-8,14H2,(H2,15,18)(H,16,17);1H/t9-,10+;/m1./s1. The van der Waals surface area contributed by atoms with Crippen LogP contribution < -0.4 is 16.8 Å². The van der Waals surface area contributed by atoms with Crippen LogP contribution in [0.2, 0.25) is 0 Å². The molecule has 0 spiro atoms. The third-order valence-electron chi connectivity index (χ3n) is 4.35. The molecule has 5 N–H and O–H groups in total. The van der Waals surface area contributed by atoms with Gasteiger partial charge in [0, 0.05) is 13.1 Å². The van der Waals surface area contributed by atoms with Crippen molar-refractivity contribution in [1.29, 1.82) is 0 Å². The molecule has 116 valence electrons. The van der Waals surface area contributed by atoms with Gasteiger partial charge in [0.05, 0.1) is 11.5 Å². The van der Waals surface area contributed by atoms with Crippen molar-refractivity contribution in [2.45, 2.75) is 50.7 Å². The maximum atomic E-state index is 12.0. The second-order valence-corrected chi connectivity index (χ2v) is 5.63. The Balaban J connectivity index is 0.00000200. The lowest BCUT2D eigenvalue weighted by atomic mass is 9.85. The number of nitrogens with two attached hydrogens (primary N) is 2. The molecule has 1 saturated carbocycles. The fraction of sp³-hybridized carbons (Fsp3) is 0.846. The van der Waals surface area contributed by atoms with E-state index in [1.165, 1.54) is 0 Å². The number of ether oxygens (including phenoxy) is 1. The van der Waals surface area contributed by atoms with Crippen molar-refractivity contribution in [3.8, 4) is 0 Å². The molecular weight excluding hydrogens is 282 g/mol. The average molecular weight is 306 g/mol. The van der Waals surface area contributed by atoms with E-state index in [9.17, 15) is 9.59 Å². The highest BCUT2D eigenvalue weighted by Gasteiger charge is 2.40. The van der Waals surface area contributed by atoms with Gasteiger partial charge in [-0.2, -0.15) is 0 Å². The van der Waals surface area contributed by atoms with Gasteiger partial charge in [0.2, 0.25) is 11.8 Å². The number of rotatable bonds is 5. The summed E-state index contributed by atoms with van der Waals surface area (Å²) < 4.78 is 5.53. The van der Waals surface area contributed by atoms with E-state index < -0.39 is 11.5 Å². The number of hydrogen-bond donors (Lipinski definition) is 3. The minimum atomic E-state index is -0.554. The fourth-order valence-corrected chi connectivity index (χ4v) is 3.00. The Bertz CT molecular complexity index is 359. The molecule has 2 fully saturated rings. The quantitative estimate of drug-likeness (QED) is 0.668. The summed E-state index contributed by atoms with van der Waals surface area (Å²) in [5.74, 6) is -0.457. The molecule has 2 rings (SSSR count). The summed E-state index contributed by atoms with van der Waals surface area (Å²) >= 11 is 0. The SMILES string of the molecule is Cl.NC[C@H]1CC[C@@H](C(=O)NCC2(C(N)=O)CCCC2)O1. The molecule has 0 bridgehead atoms. The molecule has 1 saturated heterocycles. The van der Waals surface area contributed by atoms with Crippen LogP contribution in [0.5, 0.6) is 0 Å². The van der Waals surface area contributed by atoms with Crippen LogP contribution in [0.4, 0.5) is 0 Å². The Kier molecular flexibility index (Phi) is 6.23. The van der Waals surface area contributed by atoms with Crippen molar-refractivity contribution in [2.24, 2.45) is 16.9 Å². The first-order valence-corrected chi connectivity index (χ1v) is 7.00. The van der Waals surface area contributed by atoms with E-state index in [2.05, 4.69) is 5.32 Å². The van der Waals surface area contributed by atoms with Gasteiger partial charge in [0.1, 0.15) is 6.10 Å². The minimum absolute atomic E-state index is 0. The van der Waals surface area contributed by atoms with Gasteiger partial charge in [-0.15, -0.1) is 12.4 Å². The summed E-state index contributed by atoms with van der Waals surface area (Å²) in [6.45, 7) is 0.767. The van der Waals surface area contributed by atoms with Crippen molar-refractivity contribution >= 4 is 24.2 Å². The van der Waals surface area contributed by atoms with Gasteiger partial charge in [-0.25, -0.2) is 0 Å². The van der Waals surface area contributed by atoms with E-state index in [1.807, 2.05) is 0 Å². The van der Waals surface area contributed by atoms with E-state index in [1.54, 1.807) is 0 Å². The lowest BCUT2D eigenvalue weighted by Gasteiger charge is -2.26. The van der Waals surface area contributed by atoms with Crippen LogP contribution in [-0.4, -0.2) is 37.1 Å². The van der Waals surface area contributed by atoms with Crippen LogP contribution in [0, 0.1) is 5.41 Å². The number of nitrogens with one attached hydrogen (secondary N) is 1. The first-order chi connectivity index (χ1) is 9.07. The van der Waals surface area contributed by atoms with Crippen LogP contribution in [0.15, 0.2) is 0 Å². The molecule has 20 heavy (non-hydrogen) atoms. The predicted octanol–water partition coefficient (Wildman–Crippen LogP) is 0.0764. The highest BCUT2D eigenvalue weighted by molar-refractivity contribution is 5.85. The molecule has 6 nitrogen and oxygen atoms in total. The van der Waals surface area contributed by atoms with E-state index in [-0.39, 0.29) is 30.3 Å². The Morgan fingerprint density at radius 2 is 1.90 bits per heavy atom. The number of primary amides is 1. The van der Waals surface area contributed by atoms with Crippen molar-refractivity contribution < 1.29 is 14.3 Å². The smallest absolute Gasteiger partial charge is 0.249 e. The maximum absolute atomic E-state index is 12.0. The molecule has 0 radical (unpaired) electrons. The topological polar surface area (TPSA) is 107 Å². The van der Waals surface area contributed by atoms with E-state index in [0.717, 1.165) is 32.1 Å². The van der Waals surface area contributed by atoms with Crippen molar-refractivity contribution in [2.75, 3.05) is 13.1 Å². The number of hydrogen-bond acceptors (Lipinski definition) is 4. The first kappa shape index (κ1) is 17.2. The summed E-state index contributed by atoms with van der Waals surface area (Å²) in [6.07, 6.45) is 4.57. The Morgan fingerprint density at radius 3 is 2.40 bits per heavy atom. The third kappa shape index (κ3) is 3.62. The predicted molar refractivity (Wildman–Crippen MR) is 77.3 cm³/mol. The van der Waals surface area contributed by atoms with Crippen LogP contribution in [0.3, 0.4) is 0 Å². The van der Waals surface area contributed by atoms with Gasteiger partial charge < -0.3 is 21.5 Å². The summed E-state index contributed by atoms with van der Waals surface area (Å²) in [4.78, 5) is 23.6. The monoisotopic (exact) mass is 305 g/mol. The molecule has 1 heterocycles. The molecule has 2 amide bonds. The average Bonchev–Trinajstić information content (AvgIpc) is 3.05. The summed E-state index contributed by atoms with van der Waals surface area (Å²) in [5.41, 5.74) is 10.4. The van der Waals surface area contributed by atoms with Crippen molar-refractivity contribution in [1.82, 2.24) is 5.32 Å². The molecule has 2 aliphatic rings. The lowest BCUT2D eigenvalue weighted by molar-refractivity contribution is -0.133. The zero-order valence-electron chi connectivity index (χ0n) is 11.6. The van der Waals surface area contributed by atoms with Gasteiger partial charge in [-0.05, 0) is 25.7 Å². The number of carbonyl (C=O) groups is 2. The molecule has 1 aliphatic carbocycles. The van der Waals surface area contributed by atoms with Crippen LogP contribution in [0.1, 0.15) is 38.5 Å². The largest absolute Gasteiger partial charge is 0.369 e. The van der Waals surface area contributed by atoms with E-state index >= 15 is 0 Å². The first-order valence-electron chi connectivity index (χ1n) is 7.00. The zero-order chi connectivity index (χ0) is 13.9. The second-order valence-electron chi connectivity index (χ2n) is 5.63. The summed E-state index contributed by atoms with van der Waals surface area (Å²) in [7, 11) is 0. The third-order valence-corrected chi connectivity index (χ3v) is 4.35. The summed E-state index contributed by atoms with van der Waals surface area (Å²) in [5, 5.41) is 2.83. The Morgan fingerprint density at radius 1 is 1.25 bits per heavy atom. The maximum Gasteiger partial charge on any atom is 0.249 e. The molecule has 0 aromatic rings. The fourth-order valence-electron chi connectivity index (χ4n) is 3.00. The highest BCUT2D eigenvalue weighted by atomic mass is 35.5. The van der Waals surface area contributed by atoms with Gasteiger partial charge >= 0.3 is 0 Å². The number of amides is 2. The van der Waals surface area contributed by atoms with Crippen LogP contribution in [-0.2, 0) is 14.3 Å². The van der Waals surface area contributed by atoms with Gasteiger partial charge in [-0.3, -0.25) is 9.59 Å². The van der Waals surface area contributed by atoms with Gasteiger partial charge in [-0.1, -0.05) is 12.8 Å². The molecule has 2 atom stereocenters. The van der Waals surface area contributed by atoms with E-state index in [4.69, 9.17) is 16.2 Å². The van der Waals surface area contributed by atoms with Crippen molar-refractivity contribution in [3.63, 3.8) is 0 Å². The van der Waals surface area contributed by atoms with Gasteiger partial charge in [0.25, 0.3) is 0 Å². The molecular formula is C13H24ClN3O3. The molecule has 0 unspecified atom stereocenters. The molecule has 0 aromatic carbocycles. The van der Waals surface area contributed by atoms with Gasteiger partial charge in [0.15, 0.2) is 0 Å². The molecule has 1 aliphatic heterocycles. The normalized spacial score (nSPS) is 27.9. The van der Waals surface area contributed by atoms with Crippen LogP contribution >= 0.6 is 12.4 Å². The Hall–Kier alpha value is -0.850. The Labute approximate surface area is 125 Å². The lowest BCUT2D eigenvalue weighted by Crippen LogP contribution is -2.47. The van der Waals surface area contributed by atoms with E-state index in [0.29, 0.717) is 19.5 Å².